The van der Waals surface area contributed by atoms with Crippen molar-refractivity contribution in [2.75, 3.05) is 51.9 Å². The Morgan fingerprint density at radius 2 is 1.71 bits per heavy atom. The van der Waals surface area contributed by atoms with Crippen LogP contribution in [0.15, 0.2) is 54.6 Å². The highest BCUT2D eigenvalue weighted by molar-refractivity contribution is 6.34. The molecule has 18 heteroatoms. The topological polar surface area (TPSA) is 171 Å². The van der Waals surface area contributed by atoms with Gasteiger partial charge in [0.25, 0.3) is 5.91 Å². The molecule has 4 amide bonds. The van der Waals surface area contributed by atoms with Crippen molar-refractivity contribution in [1.29, 1.82) is 0 Å². The number of hydrogen-bond acceptors (Lipinski definition) is 11. The summed E-state index contributed by atoms with van der Waals surface area (Å²) in [4.78, 5) is 72.0. The Morgan fingerprint density at radius 3 is 2.35 bits per heavy atom. The minimum Gasteiger partial charge on any atom is -0.496 e. The van der Waals surface area contributed by atoms with E-state index in [2.05, 4.69) is 5.32 Å². The summed E-state index contributed by atoms with van der Waals surface area (Å²) in [6, 6.07) is 15.6. The molecule has 1 aromatic heterocycles. The van der Waals surface area contributed by atoms with Crippen LogP contribution in [0.2, 0.25) is 10.0 Å². The van der Waals surface area contributed by atoms with E-state index in [-0.39, 0.29) is 43.6 Å². The van der Waals surface area contributed by atoms with Crippen molar-refractivity contribution < 1.29 is 47.7 Å². The monoisotopic (exact) mass is 974 g/mol. The van der Waals surface area contributed by atoms with Gasteiger partial charge in [0.2, 0.25) is 11.8 Å². The number of carbonyl (C=O) groups excluding carboxylic acids is 5. The average Bonchev–Trinajstić information content (AvgIpc) is 3.68. The average molecular weight is 976 g/mol. The summed E-state index contributed by atoms with van der Waals surface area (Å²) in [6.07, 6.45) is -0.527. The number of hydrogen-bond donors (Lipinski definition) is 1. The standard InChI is InChI=1S/C50H60Cl2N6O10/c1-30(2)27-67-44(26-59)57(35-14-16-55(17-15-35)48(63)68-49(3,4)5)43(61)13-12-42(60)53-34-11-9-10-31(20-34)37-24-38-41(25-40(37)64-8)66-28-39-45(47(62)56-18-19-65-29-50(56,6)7)54-58(46(38)39)36-22-32(51)21-33(52)23-36/h9-11,20-26,30,35,44H,12-19,27-29H2,1-8H3,(H,53,60). The van der Waals surface area contributed by atoms with E-state index in [1.807, 2.05) is 39.8 Å². The van der Waals surface area contributed by atoms with Crippen LogP contribution in [-0.2, 0) is 35.2 Å². The molecule has 0 saturated carbocycles. The Balaban J connectivity index is 1.13. The summed E-state index contributed by atoms with van der Waals surface area (Å²) in [6.45, 7) is 15.3. The van der Waals surface area contributed by atoms with E-state index >= 15 is 0 Å². The van der Waals surface area contributed by atoms with Gasteiger partial charge in [-0.3, -0.25) is 19.2 Å². The summed E-state index contributed by atoms with van der Waals surface area (Å²) in [5.41, 5.74) is 3.18. The third-order valence-electron chi connectivity index (χ3n) is 11.9. The number of nitrogens with one attached hydrogen (secondary N) is 1. The highest BCUT2D eigenvalue weighted by atomic mass is 35.5. The van der Waals surface area contributed by atoms with Crippen LogP contribution in [0.3, 0.4) is 0 Å². The Hall–Kier alpha value is -5.68. The molecule has 0 spiro atoms. The Kier molecular flexibility index (Phi) is 15.4. The fraction of sp³-hybridized carbons (Fsp3) is 0.480. The second-order valence-corrected chi connectivity index (χ2v) is 20.1. The lowest BCUT2D eigenvalue weighted by molar-refractivity contribution is -0.160. The molecule has 68 heavy (non-hydrogen) atoms. The number of fused-ring (bicyclic) bond motifs is 3. The van der Waals surface area contributed by atoms with Crippen LogP contribution in [0, 0.1) is 5.92 Å². The van der Waals surface area contributed by atoms with Crippen LogP contribution >= 0.6 is 23.2 Å². The number of rotatable bonds is 14. The van der Waals surface area contributed by atoms with Crippen LogP contribution in [0.25, 0.3) is 28.1 Å². The lowest BCUT2D eigenvalue weighted by Crippen LogP contribution is -2.55. The van der Waals surface area contributed by atoms with Crippen molar-refractivity contribution in [2.24, 2.45) is 5.92 Å². The predicted octanol–water partition coefficient (Wildman–Crippen LogP) is 8.81. The van der Waals surface area contributed by atoms with Crippen molar-refractivity contribution in [2.45, 2.75) is 104 Å². The minimum absolute atomic E-state index is 0.0564. The largest absolute Gasteiger partial charge is 0.496 e. The maximum atomic E-state index is 14.4. The SMILES string of the molecule is COc1cc2c(cc1-c1cccc(NC(=O)CCC(=O)N(C3CCN(C(=O)OC(C)(C)C)CC3)C(C=O)OCC(C)C)c1)-c1c(c(C(=O)N3CCOCC3(C)C)nn1-c1cc(Cl)cc(Cl)c1)CO2. The van der Waals surface area contributed by atoms with Gasteiger partial charge in [-0.2, -0.15) is 5.10 Å². The molecule has 3 aliphatic rings. The summed E-state index contributed by atoms with van der Waals surface area (Å²) in [5, 5.41) is 8.64. The molecule has 1 unspecified atom stereocenters. The van der Waals surface area contributed by atoms with Gasteiger partial charge < -0.3 is 43.7 Å². The molecule has 0 radical (unpaired) electrons. The molecule has 3 aliphatic heterocycles. The quantitative estimate of drug-likeness (QED) is 0.0946. The smallest absolute Gasteiger partial charge is 0.410 e. The molecular weight excluding hydrogens is 915 g/mol. The number of likely N-dealkylation sites (tertiary alicyclic amines) is 1. The van der Waals surface area contributed by atoms with Crippen molar-refractivity contribution in [1.82, 2.24) is 24.5 Å². The van der Waals surface area contributed by atoms with Gasteiger partial charge in [-0.15, -0.1) is 0 Å². The minimum atomic E-state index is -1.15. The molecule has 4 aromatic rings. The predicted molar refractivity (Wildman–Crippen MR) is 257 cm³/mol. The van der Waals surface area contributed by atoms with E-state index < -0.39 is 41.3 Å². The van der Waals surface area contributed by atoms with Gasteiger partial charge in [0.15, 0.2) is 18.2 Å². The van der Waals surface area contributed by atoms with E-state index in [1.165, 1.54) is 4.90 Å². The number of nitrogens with zero attached hydrogens (tertiary/aromatic N) is 5. The van der Waals surface area contributed by atoms with Crippen molar-refractivity contribution >= 4 is 59.0 Å². The first kappa shape index (κ1) is 50.2. The molecule has 1 atom stereocenters. The maximum absolute atomic E-state index is 14.4. The summed E-state index contributed by atoms with van der Waals surface area (Å²) < 4.78 is 31.1. The molecule has 0 bridgehead atoms. The number of benzene rings is 3. The van der Waals surface area contributed by atoms with Crippen LogP contribution in [-0.4, -0.2) is 125 Å². The number of halogens is 2. The molecule has 364 valence electrons. The van der Waals surface area contributed by atoms with Crippen molar-refractivity contribution in [3.8, 4) is 39.6 Å². The van der Waals surface area contributed by atoms with Gasteiger partial charge >= 0.3 is 6.09 Å². The first-order chi connectivity index (χ1) is 32.3. The Labute approximate surface area is 407 Å². The highest BCUT2D eigenvalue weighted by Gasteiger charge is 2.40. The Bertz CT molecular complexity index is 2530. The van der Waals surface area contributed by atoms with E-state index in [0.717, 1.165) is 0 Å². The second-order valence-electron chi connectivity index (χ2n) is 19.3. The van der Waals surface area contributed by atoms with E-state index in [1.54, 1.807) is 84.8 Å². The Morgan fingerprint density at radius 1 is 0.985 bits per heavy atom. The van der Waals surface area contributed by atoms with Crippen LogP contribution < -0.4 is 14.8 Å². The van der Waals surface area contributed by atoms with Crippen molar-refractivity contribution in [3.63, 3.8) is 0 Å². The van der Waals surface area contributed by atoms with Gasteiger partial charge in [-0.25, -0.2) is 9.48 Å². The first-order valence-corrected chi connectivity index (χ1v) is 23.6. The number of aromatic nitrogens is 2. The third-order valence-corrected chi connectivity index (χ3v) is 12.3. The maximum Gasteiger partial charge on any atom is 0.410 e. The van der Waals surface area contributed by atoms with E-state index in [0.29, 0.717) is 113 Å². The van der Waals surface area contributed by atoms with Crippen LogP contribution in [0.5, 0.6) is 11.5 Å². The number of morpholine rings is 1. The lowest BCUT2D eigenvalue weighted by atomic mass is 9.95. The fourth-order valence-electron chi connectivity index (χ4n) is 8.68. The number of methoxy groups -OCH3 is 1. The number of aldehydes is 1. The van der Waals surface area contributed by atoms with E-state index in [9.17, 15) is 24.0 Å². The van der Waals surface area contributed by atoms with E-state index in [4.69, 9.17) is 52.0 Å². The lowest BCUT2D eigenvalue weighted by Gasteiger charge is -2.41. The van der Waals surface area contributed by atoms with Gasteiger partial charge in [-0.1, -0.05) is 49.2 Å². The highest BCUT2D eigenvalue weighted by Crippen LogP contribution is 2.47. The molecule has 0 aliphatic carbocycles. The number of ether oxygens (including phenoxy) is 5. The zero-order valence-electron chi connectivity index (χ0n) is 39.9. The normalized spacial score (nSPS) is 16.3. The number of piperidine rings is 1. The van der Waals surface area contributed by atoms with Gasteiger partial charge in [0.05, 0.1) is 43.9 Å². The van der Waals surface area contributed by atoms with Gasteiger partial charge in [0, 0.05) is 77.0 Å². The van der Waals surface area contributed by atoms with Crippen molar-refractivity contribution in [3.05, 3.63) is 75.9 Å². The number of anilines is 1. The zero-order chi connectivity index (χ0) is 49.1. The summed E-state index contributed by atoms with van der Waals surface area (Å²) in [5.74, 6) is 0.00619. The fourth-order valence-corrected chi connectivity index (χ4v) is 9.19. The first-order valence-electron chi connectivity index (χ1n) is 22.9. The zero-order valence-corrected chi connectivity index (χ0v) is 41.4. The summed E-state index contributed by atoms with van der Waals surface area (Å²) >= 11 is 13.0. The molecule has 16 nitrogen and oxygen atoms in total. The molecule has 4 heterocycles. The molecule has 2 fully saturated rings. The molecule has 7 rings (SSSR count). The van der Waals surface area contributed by atoms with Gasteiger partial charge in [0.1, 0.15) is 23.7 Å². The molecule has 1 N–H and O–H groups in total. The number of amides is 4. The second kappa shape index (κ2) is 20.9. The molecule has 3 aromatic carbocycles. The number of carbonyl (C=O) groups is 5. The van der Waals surface area contributed by atoms with Gasteiger partial charge in [-0.05, 0) is 95.3 Å². The van der Waals surface area contributed by atoms with Crippen LogP contribution in [0.1, 0.15) is 90.2 Å². The molecular formula is C50H60Cl2N6O10. The summed E-state index contributed by atoms with van der Waals surface area (Å²) in [7, 11) is 1.55. The van der Waals surface area contributed by atoms with Crippen LogP contribution in [0.4, 0.5) is 10.5 Å². The molecule has 2 saturated heterocycles. The third kappa shape index (κ3) is 11.4.